The number of thiazole rings is 1. The van der Waals surface area contributed by atoms with Crippen LogP contribution in [0.1, 0.15) is 15.6 Å². The van der Waals surface area contributed by atoms with Crippen LogP contribution >= 0.6 is 34.0 Å². The summed E-state index contributed by atoms with van der Waals surface area (Å²) in [5, 5.41) is 8.34. The maximum absolute atomic E-state index is 12.9. The maximum Gasteiger partial charge on any atom is 0.263 e. The number of nitrogens with zero attached hydrogens (tertiary/aromatic N) is 3. The molecule has 0 fully saturated rings. The molecular weight excluding hydrogens is 400 g/mol. The molecule has 1 amide bonds. The van der Waals surface area contributed by atoms with Crippen LogP contribution in [0, 0.1) is 13.8 Å². The second-order valence-corrected chi connectivity index (χ2v) is 9.10. The van der Waals surface area contributed by atoms with Crippen molar-refractivity contribution in [1.82, 2.24) is 19.9 Å². The van der Waals surface area contributed by atoms with Crippen molar-refractivity contribution in [2.45, 2.75) is 26.9 Å². The molecule has 4 rings (SSSR count). The highest BCUT2D eigenvalue weighted by atomic mass is 32.1. The molecule has 4 heterocycles. The van der Waals surface area contributed by atoms with Crippen molar-refractivity contribution >= 4 is 50.1 Å². The number of fused-ring (bicyclic) bond motifs is 1. The molecule has 0 spiro atoms. The summed E-state index contributed by atoms with van der Waals surface area (Å²) in [4.78, 5) is 36.7. The number of hydrogen-bond donors (Lipinski definition) is 1. The van der Waals surface area contributed by atoms with Crippen LogP contribution in [0.4, 0.5) is 0 Å². The number of amides is 1. The van der Waals surface area contributed by atoms with Gasteiger partial charge in [-0.05, 0) is 25.3 Å². The van der Waals surface area contributed by atoms with Crippen LogP contribution in [0.5, 0.6) is 0 Å². The molecule has 0 aliphatic heterocycles. The van der Waals surface area contributed by atoms with Crippen molar-refractivity contribution in [2.75, 3.05) is 0 Å². The summed E-state index contributed by atoms with van der Waals surface area (Å²) >= 11 is 4.59. The number of aryl methyl sites for hydroxylation is 2. The van der Waals surface area contributed by atoms with Gasteiger partial charge in [0.1, 0.15) is 11.4 Å². The van der Waals surface area contributed by atoms with Crippen molar-refractivity contribution in [3.05, 3.63) is 55.2 Å². The van der Waals surface area contributed by atoms with E-state index < -0.39 is 0 Å². The monoisotopic (exact) mass is 416 g/mol. The Kier molecular flexibility index (Phi) is 4.90. The van der Waals surface area contributed by atoms with E-state index in [1.54, 1.807) is 22.7 Å². The lowest BCUT2D eigenvalue weighted by Gasteiger charge is -2.07. The van der Waals surface area contributed by atoms with Crippen molar-refractivity contribution in [3.63, 3.8) is 0 Å². The first-order valence-corrected chi connectivity index (χ1v) is 10.8. The summed E-state index contributed by atoms with van der Waals surface area (Å²) in [5.41, 5.74) is 1.62. The zero-order valence-electron chi connectivity index (χ0n) is 14.7. The van der Waals surface area contributed by atoms with Crippen molar-refractivity contribution in [2.24, 2.45) is 0 Å². The molecule has 0 saturated carbocycles. The Balaban J connectivity index is 1.56. The Morgan fingerprint density at radius 1 is 1.30 bits per heavy atom. The minimum absolute atomic E-state index is 0.0572. The number of hydrogen-bond acceptors (Lipinski definition) is 7. The first kappa shape index (κ1) is 18.0. The molecule has 0 bridgehead atoms. The van der Waals surface area contributed by atoms with Crippen LogP contribution in [0.3, 0.4) is 0 Å². The smallest absolute Gasteiger partial charge is 0.263 e. The number of nitrogens with one attached hydrogen (secondary N) is 1. The molecule has 0 aliphatic rings. The average molecular weight is 417 g/mol. The molecule has 0 saturated heterocycles. The maximum atomic E-state index is 12.9. The van der Waals surface area contributed by atoms with Gasteiger partial charge in [-0.1, -0.05) is 6.07 Å². The largest absolute Gasteiger partial charge is 0.350 e. The van der Waals surface area contributed by atoms with Gasteiger partial charge in [-0.15, -0.1) is 34.0 Å². The van der Waals surface area contributed by atoms with Gasteiger partial charge in [-0.25, -0.2) is 9.97 Å². The second kappa shape index (κ2) is 7.34. The molecule has 4 aromatic heterocycles. The number of carbonyl (C=O) groups excluding carboxylic acids is 1. The number of thiophene rings is 2. The number of carbonyl (C=O) groups is 1. The van der Waals surface area contributed by atoms with Gasteiger partial charge in [-0.3, -0.25) is 14.2 Å². The summed E-state index contributed by atoms with van der Waals surface area (Å²) in [6.07, 6.45) is 1.45. The fraction of sp³-hybridized carbons (Fsp3) is 0.222. The van der Waals surface area contributed by atoms with Crippen LogP contribution in [0.2, 0.25) is 0 Å². The van der Waals surface area contributed by atoms with Crippen LogP contribution in [0.15, 0.2) is 34.0 Å². The summed E-state index contributed by atoms with van der Waals surface area (Å²) in [5.74, 6) is -0.225. The van der Waals surface area contributed by atoms with E-state index in [0.717, 1.165) is 26.0 Å². The Hall–Kier alpha value is -2.36. The molecule has 0 radical (unpaired) electrons. The van der Waals surface area contributed by atoms with Gasteiger partial charge >= 0.3 is 0 Å². The van der Waals surface area contributed by atoms with E-state index in [9.17, 15) is 9.59 Å². The third-order valence-corrected chi connectivity index (χ3v) is 6.97. The molecular formula is C18H16N4O2S3. The molecule has 6 nitrogen and oxygen atoms in total. The molecule has 9 heteroatoms. The normalized spacial score (nSPS) is 11.2. The molecule has 1 N–H and O–H groups in total. The van der Waals surface area contributed by atoms with Gasteiger partial charge in [0.15, 0.2) is 0 Å². The van der Waals surface area contributed by atoms with Crippen LogP contribution in [0.25, 0.3) is 20.7 Å². The van der Waals surface area contributed by atoms with E-state index in [1.807, 2.05) is 36.7 Å². The third-order valence-electron chi connectivity index (χ3n) is 4.11. The number of aromatic nitrogens is 3. The highest BCUT2D eigenvalue weighted by Crippen LogP contribution is 2.33. The van der Waals surface area contributed by atoms with Gasteiger partial charge in [0.25, 0.3) is 5.56 Å². The summed E-state index contributed by atoms with van der Waals surface area (Å²) in [6.45, 7) is 4.23. The second-order valence-electron chi connectivity index (χ2n) is 6.00. The third kappa shape index (κ3) is 3.58. The Bertz CT molecular complexity index is 1170. The summed E-state index contributed by atoms with van der Waals surface area (Å²) < 4.78 is 1.37. The molecule has 0 aliphatic carbocycles. The Labute approximate surface area is 167 Å². The number of rotatable bonds is 5. The highest BCUT2D eigenvalue weighted by molar-refractivity contribution is 7.18. The van der Waals surface area contributed by atoms with Gasteiger partial charge < -0.3 is 5.32 Å². The quantitative estimate of drug-likeness (QED) is 0.539. The molecule has 0 aromatic carbocycles. The SMILES string of the molecule is Cc1nc(C)c(CNC(=O)Cn2cnc3scc(-c4cccs4)c3c2=O)s1. The van der Waals surface area contributed by atoms with Crippen LogP contribution in [-0.4, -0.2) is 20.4 Å². The summed E-state index contributed by atoms with van der Waals surface area (Å²) in [6, 6.07) is 3.93. The van der Waals surface area contributed by atoms with E-state index in [0.29, 0.717) is 16.8 Å². The van der Waals surface area contributed by atoms with E-state index in [2.05, 4.69) is 15.3 Å². The summed E-state index contributed by atoms with van der Waals surface area (Å²) in [7, 11) is 0. The van der Waals surface area contributed by atoms with Gasteiger partial charge in [0.2, 0.25) is 5.91 Å². The Morgan fingerprint density at radius 3 is 2.85 bits per heavy atom. The highest BCUT2D eigenvalue weighted by Gasteiger charge is 2.15. The molecule has 27 heavy (non-hydrogen) atoms. The minimum Gasteiger partial charge on any atom is -0.350 e. The van der Waals surface area contributed by atoms with Crippen LogP contribution in [-0.2, 0) is 17.9 Å². The van der Waals surface area contributed by atoms with E-state index in [4.69, 9.17) is 0 Å². The first-order chi connectivity index (χ1) is 13.0. The topological polar surface area (TPSA) is 76.9 Å². The van der Waals surface area contributed by atoms with Gasteiger partial charge in [0.05, 0.1) is 29.0 Å². The first-order valence-electron chi connectivity index (χ1n) is 8.23. The van der Waals surface area contributed by atoms with E-state index in [-0.39, 0.29) is 18.0 Å². The lowest BCUT2D eigenvalue weighted by atomic mass is 10.2. The van der Waals surface area contributed by atoms with Crippen LogP contribution < -0.4 is 10.9 Å². The lowest BCUT2D eigenvalue weighted by Crippen LogP contribution is -2.32. The minimum atomic E-state index is -0.225. The Morgan fingerprint density at radius 2 is 2.15 bits per heavy atom. The standard InChI is InChI=1S/C18H16N4O2S3/c1-10-14(27-11(2)21-10)6-19-15(23)7-22-9-20-17-16(18(22)24)12(8-26-17)13-4-3-5-25-13/h3-5,8-9H,6-7H2,1-2H3,(H,19,23). The van der Waals surface area contributed by atoms with Crippen molar-refractivity contribution in [1.29, 1.82) is 0 Å². The lowest BCUT2D eigenvalue weighted by molar-refractivity contribution is -0.121. The zero-order chi connectivity index (χ0) is 19.0. The van der Waals surface area contributed by atoms with Crippen molar-refractivity contribution < 1.29 is 4.79 Å². The fourth-order valence-electron chi connectivity index (χ4n) is 2.82. The zero-order valence-corrected chi connectivity index (χ0v) is 17.1. The molecule has 138 valence electrons. The average Bonchev–Trinajstić information content (AvgIpc) is 3.35. The predicted octanol–water partition coefficient (Wildman–Crippen LogP) is 3.58. The fourth-order valence-corrected chi connectivity index (χ4v) is 5.42. The molecule has 0 atom stereocenters. The van der Waals surface area contributed by atoms with E-state index >= 15 is 0 Å². The van der Waals surface area contributed by atoms with Gasteiger partial charge in [0, 0.05) is 20.7 Å². The predicted molar refractivity (Wildman–Crippen MR) is 111 cm³/mol. The molecule has 0 unspecified atom stereocenters. The van der Waals surface area contributed by atoms with Crippen molar-refractivity contribution in [3.8, 4) is 10.4 Å². The van der Waals surface area contributed by atoms with Gasteiger partial charge in [-0.2, -0.15) is 0 Å². The van der Waals surface area contributed by atoms with E-state index in [1.165, 1.54) is 22.2 Å². The molecule has 4 aromatic rings.